The lowest BCUT2D eigenvalue weighted by Gasteiger charge is -2.25. The van der Waals surface area contributed by atoms with Crippen molar-refractivity contribution in [3.05, 3.63) is 59.7 Å². The van der Waals surface area contributed by atoms with E-state index in [2.05, 4.69) is 20.6 Å². The molecule has 1 saturated heterocycles. The number of carbonyl (C=O) groups is 2. The van der Waals surface area contributed by atoms with Gasteiger partial charge in [0.25, 0.3) is 21.8 Å². The third kappa shape index (κ3) is 7.65. The Morgan fingerprint density at radius 3 is 2.52 bits per heavy atom. The molecule has 0 aliphatic carbocycles. The quantitative estimate of drug-likeness (QED) is 0.194. The maximum absolute atomic E-state index is 14.0. The molecular formula is C24H28BF2N7O7S. The smallest absolute Gasteiger partial charge is 0.374 e. The SMILES string of the molecule is CB(O)N[C@@H](COC1CCCCO1)C(=O)NS(=O)(=O)c1ccc(Nc2nc(N)n(C(=O)c3c(F)cccc3F)n2)cc1. The number of amides is 1. The summed E-state index contributed by atoms with van der Waals surface area (Å²) < 4.78 is 67.3. The number of nitrogens with two attached hydrogens (primary N) is 1. The van der Waals surface area contributed by atoms with Gasteiger partial charge in [0.2, 0.25) is 11.9 Å². The molecule has 4 rings (SSSR count). The van der Waals surface area contributed by atoms with Crippen molar-refractivity contribution in [2.45, 2.75) is 43.3 Å². The van der Waals surface area contributed by atoms with Crippen LogP contribution in [-0.2, 0) is 24.3 Å². The van der Waals surface area contributed by atoms with Crippen molar-refractivity contribution in [3.63, 3.8) is 0 Å². The minimum Gasteiger partial charge on any atom is -0.437 e. The maximum atomic E-state index is 14.0. The molecule has 1 aliphatic heterocycles. The molecular weight excluding hydrogens is 579 g/mol. The number of sulfonamides is 1. The molecule has 1 fully saturated rings. The molecule has 1 aliphatic rings. The minimum absolute atomic E-state index is 0.213. The molecule has 224 valence electrons. The van der Waals surface area contributed by atoms with Crippen molar-refractivity contribution < 1.29 is 41.3 Å². The van der Waals surface area contributed by atoms with Gasteiger partial charge in [-0.15, -0.1) is 5.10 Å². The highest BCUT2D eigenvalue weighted by atomic mass is 32.2. The molecule has 2 aromatic carbocycles. The number of rotatable bonds is 11. The number of carbonyl (C=O) groups excluding carboxylic acids is 2. The highest BCUT2D eigenvalue weighted by Crippen LogP contribution is 2.20. The van der Waals surface area contributed by atoms with Gasteiger partial charge in [0, 0.05) is 12.3 Å². The Labute approximate surface area is 239 Å². The second-order valence-corrected chi connectivity index (χ2v) is 10.9. The number of hydrogen-bond acceptors (Lipinski definition) is 12. The fourth-order valence-corrected chi connectivity index (χ4v) is 5.00. The fraction of sp³-hybridized carbons (Fsp3) is 0.333. The molecule has 2 atom stereocenters. The van der Waals surface area contributed by atoms with Crippen LogP contribution in [0.5, 0.6) is 0 Å². The Balaban J connectivity index is 1.41. The lowest BCUT2D eigenvalue weighted by atomic mass is 9.87. The third-order valence-electron chi connectivity index (χ3n) is 6.00. The lowest BCUT2D eigenvalue weighted by Crippen LogP contribution is -2.53. The molecule has 3 aromatic rings. The van der Waals surface area contributed by atoms with Crippen molar-refractivity contribution in [2.24, 2.45) is 0 Å². The number of nitrogens with zero attached hydrogens (tertiary/aromatic N) is 3. The summed E-state index contributed by atoms with van der Waals surface area (Å²) in [6.45, 7) is 1.65. The number of anilines is 3. The summed E-state index contributed by atoms with van der Waals surface area (Å²) in [7, 11) is -5.46. The number of nitrogens with one attached hydrogen (secondary N) is 3. The van der Waals surface area contributed by atoms with E-state index in [9.17, 15) is 31.8 Å². The van der Waals surface area contributed by atoms with Crippen molar-refractivity contribution in [1.82, 2.24) is 24.7 Å². The molecule has 1 unspecified atom stereocenters. The molecule has 18 heteroatoms. The molecule has 1 amide bonds. The molecule has 0 saturated carbocycles. The first kappa shape index (κ1) is 31.0. The zero-order valence-corrected chi connectivity index (χ0v) is 23.1. The largest absolute Gasteiger partial charge is 0.437 e. The molecule has 1 aromatic heterocycles. The number of ether oxygens (including phenoxy) is 2. The van der Waals surface area contributed by atoms with Crippen LogP contribution in [0.4, 0.5) is 26.4 Å². The summed E-state index contributed by atoms with van der Waals surface area (Å²) in [5, 5.41) is 18.8. The van der Waals surface area contributed by atoms with E-state index in [1.807, 2.05) is 4.72 Å². The Morgan fingerprint density at radius 1 is 1.21 bits per heavy atom. The van der Waals surface area contributed by atoms with Gasteiger partial charge < -0.3 is 30.8 Å². The van der Waals surface area contributed by atoms with E-state index in [4.69, 9.17) is 15.2 Å². The van der Waals surface area contributed by atoms with Gasteiger partial charge in [-0.2, -0.15) is 9.67 Å². The zero-order valence-electron chi connectivity index (χ0n) is 22.3. The Kier molecular flexibility index (Phi) is 9.84. The number of benzene rings is 2. The highest BCUT2D eigenvalue weighted by Gasteiger charge is 2.28. The van der Waals surface area contributed by atoms with Gasteiger partial charge in [0.15, 0.2) is 6.29 Å². The second-order valence-electron chi connectivity index (χ2n) is 9.25. The number of halogens is 2. The van der Waals surface area contributed by atoms with Crippen LogP contribution in [-0.4, -0.2) is 72.6 Å². The number of hydrogen-bond donors (Lipinski definition) is 5. The Morgan fingerprint density at radius 2 is 1.90 bits per heavy atom. The monoisotopic (exact) mass is 607 g/mol. The van der Waals surface area contributed by atoms with Crippen LogP contribution in [0.3, 0.4) is 0 Å². The Hall–Kier alpha value is -3.97. The van der Waals surface area contributed by atoms with Crippen molar-refractivity contribution in [2.75, 3.05) is 24.3 Å². The molecule has 14 nitrogen and oxygen atoms in total. The topological polar surface area (TPSA) is 200 Å². The Bertz CT molecular complexity index is 1510. The van der Waals surface area contributed by atoms with E-state index in [1.54, 1.807) is 0 Å². The predicted octanol–water partition coefficient (Wildman–Crippen LogP) is 0.987. The van der Waals surface area contributed by atoms with Crippen LogP contribution in [0.1, 0.15) is 29.6 Å². The van der Waals surface area contributed by atoms with E-state index in [0.717, 1.165) is 31.0 Å². The predicted molar refractivity (Wildman–Crippen MR) is 146 cm³/mol. The lowest BCUT2D eigenvalue weighted by molar-refractivity contribution is -0.167. The van der Waals surface area contributed by atoms with Crippen LogP contribution in [0.15, 0.2) is 47.4 Å². The zero-order chi connectivity index (χ0) is 30.4. The number of aromatic nitrogens is 3. The van der Waals surface area contributed by atoms with E-state index in [1.165, 1.54) is 31.1 Å². The highest BCUT2D eigenvalue weighted by molar-refractivity contribution is 7.90. The first-order valence-electron chi connectivity index (χ1n) is 12.8. The number of nitrogen functional groups attached to an aromatic ring is 1. The summed E-state index contributed by atoms with van der Waals surface area (Å²) in [6.07, 6.45) is 1.88. The molecule has 0 bridgehead atoms. The van der Waals surface area contributed by atoms with E-state index in [0.29, 0.717) is 17.7 Å². The average Bonchev–Trinajstić information content (AvgIpc) is 3.30. The van der Waals surface area contributed by atoms with E-state index < -0.39 is 64.4 Å². The molecule has 6 N–H and O–H groups in total. The standard InChI is InChI=1S/C24H28BF2N7O7S/c1-25(37)31-18(13-41-19-7-2-3-12-40-19)21(35)33-42(38,39)15-10-8-14(9-11-15)29-24-30-23(28)34(32-24)22(36)20-16(26)5-4-6-17(20)27/h4-6,8-11,18-19,31,37H,2-3,7,12-13H2,1H3,(H,33,35)(H3,28,29,30,32)/t18-,19?/m0/s1. The van der Waals surface area contributed by atoms with Gasteiger partial charge in [-0.1, -0.05) is 6.07 Å². The van der Waals surface area contributed by atoms with Gasteiger partial charge in [-0.3, -0.25) is 9.59 Å². The second kappa shape index (κ2) is 13.3. The van der Waals surface area contributed by atoms with Gasteiger partial charge in [-0.05, 0) is 62.5 Å². The summed E-state index contributed by atoms with van der Waals surface area (Å²) in [5.74, 6) is -5.00. The summed E-state index contributed by atoms with van der Waals surface area (Å²) in [6, 6.07) is 6.73. The van der Waals surface area contributed by atoms with Crippen LogP contribution < -0.4 is 21.0 Å². The fourth-order valence-electron chi connectivity index (χ4n) is 3.98. The maximum Gasteiger partial charge on any atom is 0.374 e. The van der Waals surface area contributed by atoms with Crippen molar-refractivity contribution >= 4 is 46.5 Å². The molecule has 2 heterocycles. The van der Waals surface area contributed by atoms with E-state index >= 15 is 0 Å². The third-order valence-corrected chi connectivity index (χ3v) is 7.37. The normalized spacial score (nSPS) is 16.0. The summed E-state index contributed by atoms with van der Waals surface area (Å²) in [5.41, 5.74) is 5.10. The van der Waals surface area contributed by atoms with Gasteiger partial charge in [0.05, 0.1) is 11.5 Å². The van der Waals surface area contributed by atoms with Crippen LogP contribution in [0.2, 0.25) is 6.82 Å². The first-order chi connectivity index (χ1) is 19.9. The summed E-state index contributed by atoms with van der Waals surface area (Å²) >= 11 is 0. The van der Waals surface area contributed by atoms with Crippen LogP contribution >= 0.6 is 0 Å². The van der Waals surface area contributed by atoms with Gasteiger partial charge >= 0.3 is 7.05 Å². The van der Waals surface area contributed by atoms with Gasteiger partial charge in [0.1, 0.15) is 23.2 Å². The molecule has 42 heavy (non-hydrogen) atoms. The average molecular weight is 607 g/mol. The van der Waals surface area contributed by atoms with Crippen LogP contribution in [0.25, 0.3) is 0 Å². The molecule has 0 radical (unpaired) electrons. The van der Waals surface area contributed by atoms with E-state index in [-0.39, 0.29) is 23.1 Å². The molecule has 0 spiro atoms. The summed E-state index contributed by atoms with van der Waals surface area (Å²) in [4.78, 5) is 28.9. The first-order valence-corrected chi connectivity index (χ1v) is 14.2. The van der Waals surface area contributed by atoms with Gasteiger partial charge in [-0.25, -0.2) is 21.9 Å². The van der Waals surface area contributed by atoms with Crippen LogP contribution in [0, 0.1) is 11.6 Å². The van der Waals surface area contributed by atoms with Crippen molar-refractivity contribution in [1.29, 1.82) is 0 Å². The van der Waals surface area contributed by atoms with Crippen molar-refractivity contribution in [3.8, 4) is 0 Å². The minimum atomic E-state index is -4.33.